The number of carbonyl (C=O) groups excluding carboxylic acids is 1. The van der Waals surface area contributed by atoms with Gasteiger partial charge in [-0.3, -0.25) is 4.79 Å². The maximum absolute atomic E-state index is 11.8. The van der Waals surface area contributed by atoms with Crippen molar-refractivity contribution in [3.05, 3.63) is 29.7 Å². The number of carbonyl (C=O) groups is 1. The van der Waals surface area contributed by atoms with E-state index in [0.717, 1.165) is 23.1 Å². The SMILES string of the molecule is Cc1cccc2oc(CNC(=O)C3CCOC3)nc12. The van der Waals surface area contributed by atoms with Gasteiger partial charge in [0, 0.05) is 6.61 Å². The maximum Gasteiger partial charge on any atom is 0.225 e. The highest BCUT2D eigenvalue weighted by molar-refractivity contribution is 5.79. The molecule has 3 rings (SSSR count). The number of para-hydroxylation sites is 1. The van der Waals surface area contributed by atoms with E-state index in [2.05, 4.69) is 10.3 Å². The van der Waals surface area contributed by atoms with Crippen molar-refractivity contribution in [2.45, 2.75) is 19.9 Å². The Kier molecular flexibility index (Phi) is 3.21. The zero-order chi connectivity index (χ0) is 13.2. The zero-order valence-corrected chi connectivity index (χ0v) is 10.8. The Labute approximate surface area is 111 Å². The fraction of sp³-hybridized carbons (Fsp3) is 0.429. The molecule has 1 saturated heterocycles. The topological polar surface area (TPSA) is 64.4 Å². The zero-order valence-electron chi connectivity index (χ0n) is 10.8. The molecule has 2 aromatic rings. The van der Waals surface area contributed by atoms with Crippen LogP contribution in [0.2, 0.25) is 0 Å². The van der Waals surface area contributed by atoms with Crippen LogP contribution in [0.5, 0.6) is 0 Å². The molecule has 1 unspecified atom stereocenters. The Bertz CT molecular complexity index is 600. The van der Waals surface area contributed by atoms with Crippen LogP contribution < -0.4 is 5.32 Å². The normalized spacial score (nSPS) is 18.9. The molecule has 0 spiro atoms. The van der Waals surface area contributed by atoms with Crippen molar-refractivity contribution in [1.29, 1.82) is 0 Å². The summed E-state index contributed by atoms with van der Waals surface area (Å²) in [7, 11) is 0. The van der Waals surface area contributed by atoms with E-state index in [1.807, 2.05) is 25.1 Å². The number of amides is 1. The van der Waals surface area contributed by atoms with Crippen molar-refractivity contribution < 1.29 is 13.9 Å². The first-order valence-corrected chi connectivity index (χ1v) is 6.44. The molecule has 19 heavy (non-hydrogen) atoms. The molecule has 1 amide bonds. The first kappa shape index (κ1) is 12.2. The van der Waals surface area contributed by atoms with Gasteiger partial charge in [-0.2, -0.15) is 0 Å². The largest absolute Gasteiger partial charge is 0.439 e. The molecule has 2 heterocycles. The summed E-state index contributed by atoms with van der Waals surface area (Å²) in [5.41, 5.74) is 2.69. The van der Waals surface area contributed by atoms with Gasteiger partial charge in [-0.25, -0.2) is 4.98 Å². The minimum absolute atomic E-state index is 0.0106. The molecule has 1 aliphatic rings. The van der Waals surface area contributed by atoms with Gasteiger partial charge >= 0.3 is 0 Å². The van der Waals surface area contributed by atoms with Crippen molar-refractivity contribution in [3.8, 4) is 0 Å². The average molecular weight is 260 g/mol. The molecule has 5 heteroatoms. The lowest BCUT2D eigenvalue weighted by molar-refractivity contribution is -0.125. The second-order valence-electron chi connectivity index (χ2n) is 4.81. The highest BCUT2D eigenvalue weighted by atomic mass is 16.5. The molecule has 0 bridgehead atoms. The van der Waals surface area contributed by atoms with E-state index in [0.29, 0.717) is 25.6 Å². The van der Waals surface area contributed by atoms with Gasteiger partial charge in [0.25, 0.3) is 0 Å². The summed E-state index contributed by atoms with van der Waals surface area (Å²) in [6, 6.07) is 5.80. The maximum atomic E-state index is 11.8. The van der Waals surface area contributed by atoms with Gasteiger partial charge in [-0.1, -0.05) is 12.1 Å². The predicted molar refractivity (Wildman–Crippen MR) is 69.5 cm³/mol. The molecule has 0 radical (unpaired) electrons. The summed E-state index contributed by atoms with van der Waals surface area (Å²) in [6.45, 7) is 3.49. The average Bonchev–Trinajstić information content (AvgIpc) is 3.05. The molecule has 0 aliphatic carbocycles. The second kappa shape index (κ2) is 5.01. The predicted octanol–water partition coefficient (Wildman–Crippen LogP) is 1.79. The summed E-state index contributed by atoms with van der Waals surface area (Å²) < 4.78 is 10.8. The molecule has 1 atom stereocenters. The molecule has 1 aromatic heterocycles. The molecule has 1 N–H and O–H groups in total. The lowest BCUT2D eigenvalue weighted by Crippen LogP contribution is -2.30. The van der Waals surface area contributed by atoms with Gasteiger partial charge in [0.15, 0.2) is 5.58 Å². The fourth-order valence-corrected chi connectivity index (χ4v) is 2.26. The number of ether oxygens (including phenoxy) is 1. The monoisotopic (exact) mass is 260 g/mol. The number of hydrogen-bond donors (Lipinski definition) is 1. The molecule has 100 valence electrons. The van der Waals surface area contributed by atoms with Gasteiger partial charge in [0.05, 0.1) is 19.1 Å². The van der Waals surface area contributed by atoms with Gasteiger partial charge in [-0.15, -0.1) is 0 Å². The molecule has 5 nitrogen and oxygen atoms in total. The van der Waals surface area contributed by atoms with E-state index in [-0.39, 0.29) is 11.8 Å². The van der Waals surface area contributed by atoms with Gasteiger partial charge in [0.2, 0.25) is 11.8 Å². The van der Waals surface area contributed by atoms with E-state index in [1.54, 1.807) is 0 Å². The minimum atomic E-state index is -0.0360. The standard InChI is InChI=1S/C14H16N2O3/c1-9-3-2-4-11-13(9)16-12(19-11)7-15-14(17)10-5-6-18-8-10/h2-4,10H,5-8H2,1H3,(H,15,17). The third kappa shape index (κ3) is 2.46. The highest BCUT2D eigenvalue weighted by Crippen LogP contribution is 2.19. The second-order valence-corrected chi connectivity index (χ2v) is 4.81. The summed E-state index contributed by atoms with van der Waals surface area (Å²) in [5.74, 6) is 0.513. The smallest absolute Gasteiger partial charge is 0.225 e. The number of nitrogens with zero attached hydrogens (tertiary/aromatic N) is 1. The number of aryl methyl sites for hydroxylation is 1. The van der Waals surface area contributed by atoms with Gasteiger partial charge < -0.3 is 14.5 Å². The van der Waals surface area contributed by atoms with Crippen LogP contribution in [0.4, 0.5) is 0 Å². The summed E-state index contributed by atoms with van der Waals surface area (Å²) in [5, 5.41) is 2.85. The Hall–Kier alpha value is -1.88. The molecule has 1 aliphatic heterocycles. The van der Waals surface area contributed by atoms with Crippen molar-refractivity contribution in [2.75, 3.05) is 13.2 Å². The number of hydrogen-bond acceptors (Lipinski definition) is 4. The number of oxazole rings is 1. The molecule has 0 saturated carbocycles. The van der Waals surface area contributed by atoms with Crippen LogP contribution in [0.15, 0.2) is 22.6 Å². The number of aromatic nitrogens is 1. The van der Waals surface area contributed by atoms with Gasteiger partial charge in [-0.05, 0) is 25.0 Å². The Morgan fingerprint density at radius 1 is 1.53 bits per heavy atom. The first-order valence-electron chi connectivity index (χ1n) is 6.44. The van der Waals surface area contributed by atoms with Crippen LogP contribution >= 0.6 is 0 Å². The molecular weight excluding hydrogens is 244 g/mol. The van der Waals surface area contributed by atoms with E-state index in [9.17, 15) is 4.79 Å². The van der Waals surface area contributed by atoms with Crippen molar-refractivity contribution >= 4 is 17.0 Å². The Morgan fingerprint density at radius 2 is 2.42 bits per heavy atom. The Balaban J connectivity index is 1.68. The first-order chi connectivity index (χ1) is 9.24. The van der Waals surface area contributed by atoms with E-state index in [4.69, 9.17) is 9.15 Å². The molecular formula is C14H16N2O3. The fourth-order valence-electron chi connectivity index (χ4n) is 2.26. The van der Waals surface area contributed by atoms with E-state index >= 15 is 0 Å². The van der Waals surface area contributed by atoms with Crippen molar-refractivity contribution in [1.82, 2.24) is 10.3 Å². The summed E-state index contributed by atoms with van der Waals surface area (Å²) >= 11 is 0. The number of nitrogens with one attached hydrogen (secondary N) is 1. The van der Waals surface area contributed by atoms with Crippen molar-refractivity contribution in [2.24, 2.45) is 5.92 Å². The number of fused-ring (bicyclic) bond motifs is 1. The lowest BCUT2D eigenvalue weighted by atomic mass is 10.1. The van der Waals surface area contributed by atoms with Crippen LogP contribution in [-0.2, 0) is 16.1 Å². The minimum Gasteiger partial charge on any atom is -0.439 e. The quantitative estimate of drug-likeness (QED) is 0.913. The van der Waals surface area contributed by atoms with Crippen LogP contribution in [0, 0.1) is 12.8 Å². The Morgan fingerprint density at radius 3 is 3.16 bits per heavy atom. The van der Waals surface area contributed by atoms with Crippen LogP contribution in [-0.4, -0.2) is 24.1 Å². The van der Waals surface area contributed by atoms with Crippen LogP contribution in [0.3, 0.4) is 0 Å². The number of benzene rings is 1. The number of rotatable bonds is 3. The summed E-state index contributed by atoms with van der Waals surface area (Å²) in [4.78, 5) is 16.2. The van der Waals surface area contributed by atoms with Crippen LogP contribution in [0.25, 0.3) is 11.1 Å². The molecule has 1 fully saturated rings. The van der Waals surface area contributed by atoms with E-state index in [1.165, 1.54) is 0 Å². The van der Waals surface area contributed by atoms with Crippen molar-refractivity contribution in [3.63, 3.8) is 0 Å². The lowest BCUT2D eigenvalue weighted by Gasteiger charge is -2.06. The van der Waals surface area contributed by atoms with Gasteiger partial charge in [0.1, 0.15) is 5.52 Å². The molecule has 1 aromatic carbocycles. The van der Waals surface area contributed by atoms with Crippen LogP contribution in [0.1, 0.15) is 17.9 Å². The highest BCUT2D eigenvalue weighted by Gasteiger charge is 2.23. The van der Waals surface area contributed by atoms with E-state index < -0.39 is 0 Å². The third-order valence-corrected chi connectivity index (χ3v) is 3.38. The summed E-state index contributed by atoms with van der Waals surface area (Å²) in [6.07, 6.45) is 0.790. The third-order valence-electron chi connectivity index (χ3n) is 3.38.